The summed E-state index contributed by atoms with van der Waals surface area (Å²) < 4.78 is 12.4. The Balaban J connectivity index is 1.82. The molecule has 0 amide bonds. The van der Waals surface area contributed by atoms with Crippen LogP contribution in [-0.2, 0) is 20.9 Å². The Morgan fingerprint density at radius 1 is 1.04 bits per heavy atom. The molecule has 0 heterocycles. The van der Waals surface area contributed by atoms with Crippen LogP contribution in [0.15, 0.2) is 60.7 Å². The zero-order valence-electron chi connectivity index (χ0n) is 13.9. The van der Waals surface area contributed by atoms with Crippen LogP contribution in [0.5, 0.6) is 0 Å². The first-order chi connectivity index (χ1) is 11.7. The topological polar surface area (TPSA) is 35.5 Å². The molecule has 0 N–H and O–H groups in total. The van der Waals surface area contributed by atoms with Crippen molar-refractivity contribution in [2.45, 2.75) is 38.6 Å². The molecule has 0 spiro atoms. The van der Waals surface area contributed by atoms with E-state index in [4.69, 9.17) is 9.47 Å². The largest absolute Gasteiger partial charge is 0.457 e. The van der Waals surface area contributed by atoms with E-state index in [0.29, 0.717) is 6.61 Å². The Morgan fingerprint density at radius 2 is 1.67 bits per heavy atom. The number of alkyl halides is 1. The minimum atomic E-state index is -0.214. The van der Waals surface area contributed by atoms with Crippen molar-refractivity contribution in [1.82, 2.24) is 0 Å². The van der Waals surface area contributed by atoms with Crippen LogP contribution in [0.4, 0.5) is 0 Å². The van der Waals surface area contributed by atoms with E-state index in [0.717, 1.165) is 22.0 Å². The fraction of sp³-hybridized carbons (Fsp3) is 0.350. The quantitative estimate of drug-likeness (QED) is 0.311. The van der Waals surface area contributed by atoms with Crippen LogP contribution in [0.1, 0.15) is 37.0 Å². The number of benzene rings is 2. The fourth-order valence-corrected chi connectivity index (χ4v) is 2.94. The van der Waals surface area contributed by atoms with E-state index in [2.05, 4.69) is 22.6 Å². The molecule has 0 bridgehead atoms. The van der Waals surface area contributed by atoms with Gasteiger partial charge in [0.2, 0.25) is 0 Å². The lowest BCUT2D eigenvalue weighted by Gasteiger charge is -2.19. The zero-order valence-corrected chi connectivity index (χ0v) is 16.0. The molecule has 2 aromatic carbocycles. The summed E-state index contributed by atoms with van der Waals surface area (Å²) in [5, 5.41) is 0. The van der Waals surface area contributed by atoms with E-state index in [1.807, 2.05) is 67.6 Å². The summed E-state index contributed by atoms with van der Waals surface area (Å²) in [5.41, 5.74) is 2.14. The molecule has 0 unspecified atom stereocenters. The lowest BCUT2D eigenvalue weighted by molar-refractivity contribution is -0.152. The summed E-state index contributed by atoms with van der Waals surface area (Å²) in [6, 6.07) is 19.8. The third kappa shape index (κ3) is 6.61. The van der Waals surface area contributed by atoms with Gasteiger partial charge in [0, 0.05) is 4.43 Å². The molecule has 0 aromatic heterocycles. The van der Waals surface area contributed by atoms with Crippen molar-refractivity contribution in [3.63, 3.8) is 0 Å². The van der Waals surface area contributed by atoms with E-state index >= 15 is 0 Å². The maximum Gasteiger partial charge on any atom is 0.309 e. The zero-order chi connectivity index (χ0) is 17.2. The highest BCUT2D eigenvalue weighted by Crippen LogP contribution is 2.23. The van der Waals surface area contributed by atoms with Gasteiger partial charge >= 0.3 is 5.97 Å². The molecular formula is C20H23IO3. The van der Waals surface area contributed by atoms with Crippen LogP contribution < -0.4 is 0 Å². The second kappa shape index (κ2) is 10.5. The van der Waals surface area contributed by atoms with Crippen LogP contribution in [0, 0.1) is 0 Å². The maximum absolute atomic E-state index is 12.2. The van der Waals surface area contributed by atoms with E-state index in [1.54, 1.807) is 0 Å². The highest BCUT2D eigenvalue weighted by Gasteiger charge is 2.18. The monoisotopic (exact) mass is 438 g/mol. The first kappa shape index (κ1) is 18.9. The van der Waals surface area contributed by atoms with Crippen molar-refractivity contribution >= 4 is 28.6 Å². The Bertz CT molecular complexity index is 601. The number of carbonyl (C=O) groups is 1. The lowest BCUT2D eigenvalue weighted by atomic mass is 10.1. The highest BCUT2D eigenvalue weighted by atomic mass is 127. The SMILES string of the molecule is C[C@H](CC(=O)O[C@@H](CCI)c1ccccc1)OCc1ccccc1. The molecule has 0 saturated carbocycles. The predicted molar refractivity (Wildman–Crippen MR) is 104 cm³/mol. The average Bonchev–Trinajstić information content (AvgIpc) is 2.61. The van der Waals surface area contributed by atoms with E-state index < -0.39 is 0 Å². The molecule has 2 atom stereocenters. The summed E-state index contributed by atoms with van der Waals surface area (Å²) in [5.74, 6) is -0.214. The molecule has 0 aliphatic rings. The minimum Gasteiger partial charge on any atom is -0.457 e. The third-order valence-electron chi connectivity index (χ3n) is 3.65. The predicted octanol–water partition coefficient (Wildman–Crippen LogP) is 5.09. The molecule has 0 fully saturated rings. The third-order valence-corrected chi connectivity index (χ3v) is 4.27. The Kier molecular flexibility index (Phi) is 8.25. The molecule has 24 heavy (non-hydrogen) atoms. The molecule has 3 nitrogen and oxygen atoms in total. The number of ether oxygens (including phenoxy) is 2. The van der Waals surface area contributed by atoms with Crippen molar-refractivity contribution in [2.75, 3.05) is 4.43 Å². The number of rotatable bonds is 9. The van der Waals surface area contributed by atoms with Gasteiger partial charge in [-0.3, -0.25) is 4.79 Å². The van der Waals surface area contributed by atoms with Gasteiger partial charge in [0.1, 0.15) is 6.10 Å². The van der Waals surface area contributed by atoms with Crippen LogP contribution in [-0.4, -0.2) is 16.5 Å². The number of halogens is 1. The van der Waals surface area contributed by atoms with Crippen molar-refractivity contribution in [3.05, 3.63) is 71.8 Å². The first-order valence-corrected chi connectivity index (χ1v) is 9.67. The van der Waals surface area contributed by atoms with Gasteiger partial charge in [0.05, 0.1) is 19.1 Å². The molecule has 2 aromatic rings. The smallest absolute Gasteiger partial charge is 0.309 e. The molecule has 0 radical (unpaired) electrons. The van der Waals surface area contributed by atoms with E-state index in [-0.39, 0.29) is 24.6 Å². The van der Waals surface area contributed by atoms with Gasteiger partial charge in [0.15, 0.2) is 0 Å². The van der Waals surface area contributed by atoms with Crippen molar-refractivity contribution < 1.29 is 14.3 Å². The maximum atomic E-state index is 12.2. The van der Waals surface area contributed by atoms with Gasteiger partial charge in [-0.1, -0.05) is 83.3 Å². The Morgan fingerprint density at radius 3 is 2.29 bits per heavy atom. The van der Waals surface area contributed by atoms with Gasteiger partial charge in [-0.25, -0.2) is 0 Å². The average molecular weight is 438 g/mol. The summed E-state index contributed by atoms with van der Waals surface area (Å²) in [6.45, 7) is 2.41. The minimum absolute atomic E-state index is 0.172. The fourth-order valence-electron chi connectivity index (χ4n) is 2.37. The van der Waals surface area contributed by atoms with Crippen molar-refractivity contribution in [1.29, 1.82) is 0 Å². The normalized spacial score (nSPS) is 13.2. The number of carbonyl (C=O) groups excluding carboxylic acids is 1. The molecule has 0 saturated heterocycles. The number of hydrogen-bond acceptors (Lipinski definition) is 3. The molecular weight excluding hydrogens is 415 g/mol. The van der Waals surface area contributed by atoms with Gasteiger partial charge in [-0.05, 0) is 24.5 Å². The molecule has 0 aliphatic heterocycles. The van der Waals surface area contributed by atoms with Gasteiger partial charge in [-0.2, -0.15) is 0 Å². The van der Waals surface area contributed by atoms with Crippen LogP contribution in [0.25, 0.3) is 0 Å². The molecule has 128 valence electrons. The van der Waals surface area contributed by atoms with Crippen LogP contribution in [0.2, 0.25) is 0 Å². The van der Waals surface area contributed by atoms with Crippen molar-refractivity contribution in [3.8, 4) is 0 Å². The second-order valence-corrected chi connectivity index (χ2v) is 6.76. The van der Waals surface area contributed by atoms with Gasteiger partial charge in [-0.15, -0.1) is 0 Å². The van der Waals surface area contributed by atoms with Crippen molar-refractivity contribution in [2.24, 2.45) is 0 Å². The molecule has 4 heteroatoms. The highest BCUT2D eigenvalue weighted by molar-refractivity contribution is 14.1. The number of esters is 1. The summed E-state index contributed by atoms with van der Waals surface area (Å²) >= 11 is 2.31. The molecule has 2 rings (SSSR count). The second-order valence-electron chi connectivity index (χ2n) is 5.68. The van der Waals surface area contributed by atoms with Crippen LogP contribution in [0.3, 0.4) is 0 Å². The molecule has 0 aliphatic carbocycles. The summed E-state index contributed by atoms with van der Waals surface area (Å²) in [6.07, 6.45) is 0.720. The van der Waals surface area contributed by atoms with Gasteiger partial charge in [0.25, 0.3) is 0 Å². The Labute approximate surface area is 157 Å². The summed E-state index contributed by atoms with van der Waals surface area (Å²) in [4.78, 5) is 12.2. The first-order valence-electron chi connectivity index (χ1n) is 8.15. The Hall–Kier alpha value is -1.40. The van der Waals surface area contributed by atoms with E-state index in [1.165, 1.54) is 0 Å². The number of hydrogen-bond donors (Lipinski definition) is 0. The van der Waals surface area contributed by atoms with E-state index in [9.17, 15) is 4.79 Å². The standard InChI is InChI=1S/C20H23IO3/c1-16(23-15-17-8-4-2-5-9-17)14-20(22)24-19(12-13-21)18-10-6-3-7-11-18/h2-11,16,19H,12-15H2,1H3/t16-,19+/m1/s1. The van der Waals surface area contributed by atoms with Crippen LogP contribution >= 0.6 is 22.6 Å². The van der Waals surface area contributed by atoms with Gasteiger partial charge < -0.3 is 9.47 Å². The summed E-state index contributed by atoms with van der Waals surface area (Å²) in [7, 11) is 0. The lowest BCUT2D eigenvalue weighted by Crippen LogP contribution is -2.19.